The number of rotatable bonds is 12. The van der Waals surface area contributed by atoms with Crippen molar-refractivity contribution in [1.29, 1.82) is 0 Å². The van der Waals surface area contributed by atoms with Gasteiger partial charge in [-0.2, -0.15) is 0 Å². The highest BCUT2D eigenvalue weighted by Crippen LogP contribution is 2.32. The Kier molecular flexibility index (Phi) is 10.5. The molecule has 3 unspecified atom stereocenters. The maximum absolute atomic E-state index is 14.3. The lowest BCUT2D eigenvalue weighted by Gasteiger charge is -2.30. The van der Waals surface area contributed by atoms with Crippen molar-refractivity contribution >= 4 is 29.1 Å². The van der Waals surface area contributed by atoms with Crippen molar-refractivity contribution in [3.8, 4) is 0 Å². The third-order valence-corrected chi connectivity index (χ3v) is 8.35. The molecule has 41 heavy (non-hydrogen) atoms. The molecule has 0 radical (unpaired) electrons. The molecule has 7 heteroatoms. The van der Waals surface area contributed by atoms with Gasteiger partial charge in [0.25, 0.3) is 5.91 Å². The lowest BCUT2D eigenvalue weighted by atomic mass is 9.82. The van der Waals surface area contributed by atoms with Crippen LogP contribution >= 0.6 is 0 Å². The molecule has 0 bridgehead atoms. The molecule has 1 aliphatic carbocycles. The van der Waals surface area contributed by atoms with Crippen LogP contribution in [0, 0.1) is 23.7 Å². The van der Waals surface area contributed by atoms with E-state index in [1.165, 1.54) is 32.1 Å². The average Bonchev–Trinajstić information content (AvgIpc) is 3.08. The van der Waals surface area contributed by atoms with Crippen molar-refractivity contribution in [3.05, 3.63) is 78.4 Å². The fraction of sp³-hybridized carbons (Fsp3) is 0.471. The quantitative estimate of drug-likeness (QED) is 0.331. The minimum absolute atomic E-state index is 0.141. The van der Waals surface area contributed by atoms with Gasteiger partial charge in [0.1, 0.15) is 0 Å². The maximum atomic E-state index is 14.3. The topological polar surface area (TPSA) is 105 Å². The standard InChI is InChI=1S/C34H44N4O3/c1-4-13-26(31(35)39)28(22-23(2)3)33(40)37-32-34(41)38(21-20-24-14-7-5-8-15-24)29-19-12-11-18-27(29)30(36-32)25-16-9-6-10-17-25/h4,6,9-12,16-19,23-24,26,28,32H,1,5,7-8,13-15,20-22H2,2-3H3,(H2,35,39)(H,37,40). The average molecular weight is 557 g/mol. The summed E-state index contributed by atoms with van der Waals surface area (Å²) in [5.41, 5.74) is 8.91. The van der Waals surface area contributed by atoms with Gasteiger partial charge in [0, 0.05) is 17.7 Å². The van der Waals surface area contributed by atoms with Gasteiger partial charge in [0.05, 0.1) is 23.2 Å². The number of anilines is 1. The van der Waals surface area contributed by atoms with E-state index in [-0.39, 0.29) is 18.2 Å². The van der Waals surface area contributed by atoms with E-state index in [2.05, 4.69) is 11.9 Å². The molecule has 1 fully saturated rings. The highest BCUT2D eigenvalue weighted by molar-refractivity contribution is 6.20. The minimum atomic E-state index is -1.14. The highest BCUT2D eigenvalue weighted by Gasteiger charge is 2.37. The Morgan fingerprint density at radius 1 is 1.05 bits per heavy atom. The number of primary amides is 1. The predicted octanol–water partition coefficient (Wildman–Crippen LogP) is 5.62. The fourth-order valence-corrected chi connectivity index (χ4v) is 6.23. The van der Waals surface area contributed by atoms with Crippen LogP contribution in [-0.4, -0.2) is 36.1 Å². The Balaban J connectivity index is 1.73. The zero-order chi connectivity index (χ0) is 29.4. The second-order valence-corrected chi connectivity index (χ2v) is 11.8. The minimum Gasteiger partial charge on any atom is -0.369 e. The molecule has 0 aromatic heterocycles. The van der Waals surface area contributed by atoms with E-state index < -0.39 is 29.8 Å². The van der Waals surface area contributed by atoms with E-state index >= 15 is 0 Å². The number of hydrogen-bond acceptors (Lipinski definition) is 4. The van der Waals surface area contributed by atoms with Crippen LogP contribution < -0.4 is 16.0 Å². The number of para-hydroxylation sites is 1. The summed E-state index contributed by atoms with van der Waals surface area (Å²) >= 11 is 0. The lowest BCUT2D eigenvalue weighted by Crippen LogP contribution is -2.51. The molecule has 1 saturated carbocycles. The van der Waals surface area contributed by atoms with E-state index in [1.807, 2.05) is 68.4 Å². The largest absolute Gasteiger partial charge is 0.369 e. The fourth-order valence-electron chi connectivity index (χ4n) is 6.23. The molecule has 3 N–H and O–H groups in total. The molecule has 3 atom stereocenters. The monoisotopic (exact) mass is 556 g/mol. The number of nitrogens with two attached hydrogens (primary N) is 1. The Hall–Kier alpha value is -3.74. The van der Waals surface area contributed by atoms with Gasteiger partial charge in [-0.1, -0.05) is 101 Å². The second kappa shape index (κ2) is 14.2. The zero-order valence-electron chi connectivity index (χ0n) is 24.4. The van der Waals surface area contributed by atoms with Gasteiger partial charge >= 0.3 is 0 Å². The first-order valence-electron chi connectivity index (χ1n) is 15.0. The van der Waals surface area contributed by atoms with Gasteiger partial charge in [0.2, 0.25) is 18.0 Å². The van der Waals surface area contributed by atoms with Crippen molar-refractivity contribution in [3.63, 3.8) is 0 Å². The normalized spacial score (nSPS) is 19.1. The molecule has 4 rings (SSSR count). The van der Waals surface area contributed by atoms with Crippen LogP contribution in [0.3, 0.4) is 0 Å². The van der Waals surface area contributed by atoms with Crippen molar-refractivity contribution in [1.82, 2.24) is 5.32 Å². The van der Waals surface area contributed by atoms with E-state index in [1.54, 1.807) is 11.0 Å². The molecule has 3 amide bonds. The first-order valence-corrected chi connectivity index (χ1v) is 15.0. The molecule has 2 aliphatic rings. The first kappa shape index (κ1) is 30.2. The van der Waals surface area contributed by atoms with Crippen molar-refractivity contribution in [2.24, 2.45) is 34.4 Å². The van der Waals surface area contributed by atoms with Crippen molar-refractivity contribution in [2.75, 3.05) is 11.4 Å². The summed E-state index contributed by atoms with van der Waals surface area (Å²) in [5.74, 6) is -1.90. The summed E-state index contributed by atoms with van der Waals surface area (Å²) in [6.45, 7) is 8.31. The number of carbonyl (C=O) groups is 3. The van der Waals surface area contributed by atoms with Gasteiger partial charge in [0.15, 0.2) is 0 Å². The van der Waals surface area contributed by atoms with Crippen LogP contribution in [0.4, 0.5) is 5.69 Å². The Bertz CT molecular complexity index is 1250. The van der Waals surface area contributed by atoms with E-state index in [0.29, 0.717) is 24.6 Å². The van der Waals surface area contributed by atoms with E-state index in [4.69, 9.17) is 10.7 Å². The molecular weight excluding hydrogens is 512 g/mol. The van der Waals surface area contributed by atoms with Gasteiger partial charge in [-0.25, -0.2) is 4.99 Å². The van der Waals surface area contributed by atoms with Crippen molar-refractivity contribution < 1.29 is 14.4 Å². The van der Waals surface area contributed by atoms with Crippen LogP contribution in [0.25, 0.3) is 0 Å². The van der Waals surface area contributed by atoms with Gasteiger partial charge in [-0.15, -0.1) is 6.58 Å². The number of benzodiazepines with no additional fused rings is 1. The number of aliphatic imine (C=N–C) groups is 1. The van der Waals surface area contributed by atoms with Crippen LogP contribution in [0.15, 0.2) is 72.2 Å². The number of amides is 3. The molecule has 1 aliphatic heterocycles. The first-order chi connectivity index (χ1) is 19.8. The maximum Gasteiger partial charge on any atom is 0.272 e. The summed E-state index contributed by atoms with van der Waals surface area (Å²) < 4.78 is 0. The van der Waals surface area contributed by atoms with E-state index in [0.717, 1.165) is 23.2 Å². The summed E-state index contributed by atoms with van der Waals surface area (Å²) in [5, 5.41) is 2.95. The van der Waals surface area contributed by atoms with Gasteiger partial charge in [-0.05, 0) is 37.2 Å². The molecule has 2 aromatic rings. The molecule has 2 aromatic carbocycles. The number of nitrogens with zero attached hydrogens (tertiary/aromatic N) is 2. The van der Waals surface area contributed by atoms with Gasteiger partial charge < -0.3 is 16.0 Å². The molecular formula is C34H44N4O3. The van der Waals surface area contributed by atoms with Crippen LogP contribution in [0.5, 0.6) is 0 Å². The number of hydrogen-bond donors (Lipinski definition) is 2. The summed E-state index contributed by atoms with van der Waals surface area (Å²) in [4.78, 5) is 47.2. The third kappa shape index (κ3) is 7.51. The van der Waals surface area contributed by atoms with Crippen LogP contribution in [0.2, 0.25) is 0 Å². The molecule has 1 heterocycles. The number of fused-ring (bicyclic) bond motifs is 1. The summed E-state index contributed by atoms with van der Waals surface area (Å²) in [6.07, 6.45) is 8.24. The third-order valence-electron chi connectivity index (χ3n) is 8.35. The molecule has 7 nitrogen and oxygen atoms in total. The molecule has 0 saturated heterocycles. The van der Waals surface area contributed by atoms with Crippen molar-refractivity contribution in [2.45, 2.75) is 71.4 Å². The Labute approximate surface area is 244 Å². The summed E-state index contributed by atoms with van der Waals surface area (Å²) in [7, 11) is 0. The van der Waals surface area contributed by atoms with E-state index in [9.17, 15) is 14.4 Å². The summed E-state index contributed by atoms with van der Waals surface area (Å²) in [6, 6.07) is 17.6. The number of benzene rings is 2. The van der Waals surface area contributed by atoms with Gasteiger partial charge in [-0.3, -0.25) is 14.4 Å². The zero-order valence-corrected chi connectivity index (χ0v) is 24.4. The second-order valence-electron chi connectivity index (χ2n) is 11.8. The Morgan fingerprint density at radius 3 is 2.39 bits per heavy atom. The Morgan fingerprint density at radius 2 is 1.73 bits per heavy atom. The van der Waals surface area contributed by atoms with Crippen LogP contribution in [0.1, 0.15) is 76.3 Å². The lowest BCUT2D eigenvalue weighted by molar-refractivity contribution is -0.135. The highest BCUT2D eigenvalue weighted by atomic mass is 16.2. The predicted molar refractivity (Wildman–Crippen MR) is 164 cm³/mol. The number of allylic oxidation sites excluding steroid dienone is 1. The van der Waals surface area contributed by atoms with Crippen LogP contribution in [-0.2, 0) is 14.4 Å². The SMILES string of the molecule is C=CCC(C(N)=O)C(CC(C)C)C(=O)NC1N=C(c2ccccc2)c2ccccc2N(CCC2CCCCC2)C1=O. The number of nitrogens with one attached hydrogen (secondary N) is 1. The molecule has 0 spiro atoms. The molecule has 218 valence electrons. The smallest absolute Gasteiger partial charge is 0.272 e. The number of carbonyl (C=O) groups excluding carboxylic acids is 3.